The van der Waals surface area contributed by atoms with Gasteiger partial charge in [-0.2, -0.15) is 0 Å². The van der Waals surface area contributed by atoms with Crippen LogP contribution in [0.3, 0.4) is 0 Å². The highest BCUT2D eigenvalue weighted by Crippen LogP contribution is 2.34. The van der Waals surface area contributed by atoms with Gasteiger partial charge >= 0.3 is 0 Å². The molecule has 8 heteroatoms. The lowest BCUT2D eigenvalue weighted by Gasteiger charge is -2.44. The smallest absolute Gasteiger partial charge is 0.251 e. The van der Waals surface area contributed by atoms with Gasteiger partial charge in [0.2, 0.25) is 5.91 Å². The molecule has 2 bridgehead atoms. The molecule has 0 aromatic heterocycles. The minimum Gasteiger partial charge on any atom is -0.492 e. The first kappa shape index (κ1) is 29.2. The van der Waals surface area contributed by atoms with Gasteiger partial charge in [-0.05, 0) is 47.2 Å². The Bertz CT molecular complexity index is 1430. The summed E-state index contributed by atoms with van der Waals surface area (Å²) in [6.07, 6.45) is 2.17. The second-order valence-electron chi connectivity index (χ2n) is 10.8. The van der Waals surface area contributed by atoms with Crippen LogP contribution >= 0.6 is 23.2 Å². The lowest BCUT2D eigenvalue weighted by atomic mass is 9.82. The summed E-state index contributed by atoms with van der Waals surface area (Å²) in [4.78, 5) is 29.9. The molecule has 0 radical (unpaired) electrons. The summed E-state index contributed by atoms with van der Waals surface area (Å²) >= 11 is 12.3. The molecule has 0 saturated carbocycles. The van der Waals surface area contributed by atoms with E-state index in [4.69, 9.17) is 27.9 Å². The van der Waals surface area contributed by atoms with E-state index in [1.54, 1.807) is 25.1 Å². The minimum absolute atomic E-state index is 0.00756. The summed E-state index contributed by atoms with van der Waals surface area (Å²) in [5.41, 5.74) is 5.18. The summed E-state index contributed by atoms with van der Waals surface area (Å²) in [5, 5.41) is 4.73. The van der Waals surface area contributed by atoms with E-state index in [1.807, 2.05) is 35.0 Å². The van der Waals surface area contributed by atoms with Crippen LogP contribution in [0.1, 0.15) is 30.0 Å². The molecule has 2 aliphatic heterocycles. The standard InChI is InChI=1S/C33H35Cl2N3O3/c1-22(39)38-20-27-19-28(25-10-8-24(9-11-25)15-17-41-31-18-26(34)12-13-29(31)35)32(30(21-38)36-27)33(40)37(2)16-14-23-6-4-3-5-7-23/h3-13,18,27,30,36H,14-17,19-21H2,1-2H3. The van der Waals surface area contributed by atoms with Gasteiger partial charge in [-0.1, -0.05) is 77.8 Å². The number of ether oxygens (including phenoxy) is 1. The van der Waals surface area contributed by atoms with Gasteiger partial charge in [-0.15, -0.1) is 0 Å². The van der Waals surface area contributed by atoms with Gasteiger partial charge < -0.3 is 19.9 Å². The first-order valence-corrected chi connectivity index (χ1v) is 14.7. The Hall–Kier alpha value is -3.32. The molecule has 0 aliphatic carbocycles. The highest BCUT2D eigenvalue weighted by atomic mass is 35.5. The van der Waals surface area contributed by atoms with Crippen LogP contribution in [0.2, 0.25) is 10.0 Å². The number of likely N-dealkylation sites (N-methyl/N-ethyl adjacent to an activating group) is 1. The molecule has 1 saturated heterocycles. The Morgan fingerprint density at radius 3 is 2.44 bits per heavy atom. The zero-order chi connectivity index (χ0) is 28.9. The highest BCUT2D eigenvalue weighted by Gasteiger charge is 2.39. The van der Waals surface area contributed by atoms with Crippen molar-refractivity contribution in [3.05, 3.63) is 105 Å². The fourth-order valence-electron chi connectivity index (χ4n) is 5.61. The van der Waals surface area contributed by atoms with Crippen molar-refractivity contribution in [3.63, 3.8) is 0 Å². The fraction of sp³-hybridized carbons (Fsp3) is 0.333. The van der Waals surface area contributed by atoms with Crippen LogP contribution in [0.25, 0.3) is 5.57 Å². The first-order chi connectivity index (χ1) is 19.8. The molecule has 1 fully saturated rings. The maximum absolute atomic E-state index is 14.0. The molecule has 6 nitrogen and oxygen atoms in total. The molecular formula is C33H35Cl2N3O3. The van der Waals surface area contributed by atoms with Gasteiger partial charge in [0, 0.05) is 62.7 Å². The molecule has 2 amide bonds. The van der Waals surface area contributed by atoms with E-state index >= 15 is 0 Å². The summed E-state index contributed by atoms with van der Waals surface area (Å²) in [5.74, 6) is 0.620. The maximum atomic E-state index is 14.0. The van der Waals surface area contributed by atoms with Gasteiger partial charge in [0.25, 0.3) is 5.91 Å². The fourth-order valence-corrected chi connectivity index (χ4v) is 5.95. The third-order valence-corrected chi connectivity index (χ3v) is 8.40. The predicted molar refractivity (Wildman–Crippen MR) is 164 cm³/mol. The lowest BCUT2D eigenvalue weighted by molar-refractivity contribution is -0.132. The normalized spacial score (nSPS) is 18.3. The molecule has 5 rings (SSSR count). The Balaban J connectivity index is 1.34. The molecule has 41 heavy (non-hydrogen) atoms. The summed E-state index contributed by atoms with van der Waals surface area (Å²) < 4.78 is 5.86. The molecule has 2 atom stereocenters. The number of carbonyl (C=O) groups excluding carboxylic acids is 2. The predicted octanol–water partition coefficient (Wildman–Crippen LogP) is 5.66. The van der Waals surface area contributed by atoms with E-state index in [0.29, 0.717) is 54.9 Å². The molecule has 0 spiro atoms. The number of fused-ring (bicyclic) bond motifs is 2. The maximum Gasteiger partial charge on any atom is 0.251 e. The molecule has 1 N–H and O–H groups in total. The number of piperazine rings is 1. The Labute approximate surface area is 251 Å². The molecule has 2 aliphatic rings. The minimum atomic E-state index is -0.205. The summed E-state index contributed by atoms with van der Waals surface area (Å²) in [7, 11) is 1.86. The molecule has 3 aromatic rings. The SMILES string of the molecule is CC(=O)N1CC2CC(c3ccc(CCOc4cc(Cl)ccc4Cl)cc3)=C(C(=O)N(C)CCc3ccccc3)C(C1)N2. The number of hydrogen-bond acceptors (Lipinski definition) is 4. The van der Waals surface area contributed by atoms with E-state index in [0.717, 1.165) is 28.7 Å². The van der Waals surface area contributed by atoms with Crippen LogP contribution in [-0.4, -0.2) is 67.0 Å². The van der Waals surface area contributed by atoms with Crippen molar-refractivity contribution < 1.29 is 14.3 Å². The van der Waals surface area contributed by atoms with Gasteiger partial charge in [0.15, 0.2) is 0 Å². The monoisotopic (exact) mass is 591 g/mol. The van der Waals surface area contributed by atoms with Crippen LogP contribution in [0.15, 0.2) is 78.4 Å². The number of amides is 2. The van der Waals surface area contributed by atoms with Crippen molar-refractivity contribution >= 4 is 40.6 Å². The average molecular weight is 593 g/mol. The number of rotatable bonds is 9. The number of nitrogens with zero attached hydrogens (tertiary/aromatic N) is 2. The van der Waals surface area contributed by atoms with E-state index < -0.39 is 0 Å². The molecule has 2 unspecified atom stereocenters. The van der Waals surface area contributed by atoms with Gasteiger partial charge in [-0.3, -0.25) is 9.59 Å². The van der Waals surface area contributed by atoms with E-state index in [9.17, 15) is 9.59 Å². The van der Waals surface area contributed by atoms with Crippen molar-refractivity contribution in [1.29, 1.82) is 0 Å². The molecule has 3 aromatic carbocycles. The van der Waals surface area contributed by atoms with Crippen LogP contribution in [-0.2, 0) is 22.4 Å². The van der Waals surface area contributed by atoms with Gasteiger partial charge in [0.05, 0.1) is 17.7 Å². The quantitative estimate of drug-likeness (QED) is 0.349. The third kappa shape index (κ3) is 7.13. The van der Waals surface area contributed by atoms with Crippen molar-refractivity contribution in [2.24, 2.45) is 0 Å². The number of nitrogens with one attached hydrogen (secondary N) is 1. The highest BCUT2D eigenvalue weighted by molar-refractivity contribution is 6.34. The topological polar surface area (TPSA) is 61.9 Å². The zero-order valence-electron chi connectivity index (χ0n) is 23.4. The third-order valence-electron chi connectivity index (χ3n) is 7.85. The molecule has 2 heterocycles. The van der Waals surface area contributed by atoms with Crippen molar-refractivity contribution in [2.75, 3.05) is 33.3 Å². The van der Waals surface area contributed by atoms with Crippen LogP contribution in [0.4, 0.5) is 0 Å². The number of benzene rings is 3. The van der Waals surface area contributed by atoms with Crippen LogP contribution < -0.4 is 10.1 Å². The van der Waals surface area contributed by atoms with Gasteiger partial charge in [-0.25, -0.2) is 0 Å². The largest absolute Gasteiger partial charge is 0.492 e. The van der Waals surface area contributed by atoms with Crippen molar-refractivity contribution in [1.82, 2.24) is 15.1 Å². The zero-order valence-corrected chi connectivity index (χ0v) is 24.9. The van der Waals surface area contributed by atoms with Crippen LogP contribution in [0, 0.1) is 0 Å². The average Bonchev–Trinajstić information content (AvgIpc) is 2.97. The second kappa shape index (κ2) is 13.1. The van der Waals surface area contributed by atoms with E-state index in [2.05, 4.69) is 41.7 Å². The Kier molecular flexibility index (Phi) is 9.33. The molecule has 214 valence electrons. The Morgan fingerprint density at radius 1 is 0.976 bits per heavy atom. The summed E-state index contributed by atoms with van der Waals surface area (Å²) in [6, 6.07) is 23.6. The van der Waals surface area contributed by atoms with E-state index in [1.165, 1.54) is 5.56 Å². The van der Waals surface area contributed by atoms with Gasteiger partial charge in [0.1, 0.15) is 5.75 Å². The van der Waals surface area contributed by atoms with Crippen molar-refractivity contribution in [2.45, 2.75) is 38.3 Å². The van der Waals surface area contributed by atoms with Crippen molar-refractivity contribution in [3.8, 4) is 5.75 Å². The second-order valence-corrected chi connectivity index (χ2v) is 11.6. The first-order valence-electron chi connectivity index (χ1n) is 14.0. The Morgan fingerprint density at radius 2 is 1.71 bits per heavy atom. The van der Waals surface area contributed by atoms with E-state index in [-0.39, 0.29) is 23.9 Å². The lowest BCUT2D eigenvalue weighted by Crippen LogP contribution is -2.61. The summed E-state index contributed by atoms with van der Waals surface area (Å²) in [6.45, 7) is 3.81. The number of hydrogen-bond donors (Lipinski definition) is 1. The number of halogens is 2. The molecular weight excluding hydrogens is 557 g/mol. The van der Waals surface area contributed by atoms with Crippen LogP contribution in [0.5, 0.6) is 5.75 Å². The number of carbonyl (C=O) groups is 2.